The van der Waals surface area contributed by atoms with Gasteiger partial charge in [-0.3, -0.25) is 0 Å². The standard InChI is InChI=1S/C13H16N4O/c1-2-17(12-8-15-9-12)13(18)16-11-5-3-10(7-14)4-6-11/h3-6,12,15H,2,8-9H2,1H3,(H,16,18). The zero-order valence-electron chi connectivity index (χ0n) is 10.3. The van der Waals surface area contributed by atoms with E-state index in [1.54, 1.807) is 24.3 Å². The zero-order chi connectivity index (χ0) is 13.0. The van der Waals surface area contributed by atoms with Gasteiger partial charge in [-0.1, -0.05) is 0 Å². The van der Waals surface area contributed by atoms with Crippen molar-refractivity contribution in [2.75, 3.05) is 25.0 Å². The van der Waals surface area contributed by atoms with Crippen molar-refractivity contribution in [1.29, 1.82) is 5.26 Å². The third-order valence-corrected chi connectivity index (χ3v) is 3.07. The van der Waals surface area contributed by atoms with E-state index in [-0.39, 0.29) is 12.1 Å². The van der Waals surface area contributed by atoms with Crippen LogP contribution in [0.25, 0.3) is 0 Å². The molecule has 5 heteroatoms. The van der Waals surface area contributed by atoms with E-state index in [0.29, 0.717) is 17.8 Å². The van der Waals surface area contributed by atoms with Crippen LogP contribution in [0.5, 0.6) is 0 Å². The van der Waals surface area contributed by atoms with E-state index in [2.05, 4.69) is 10.6 Å². The Balaban J connectivity index is 1.98. The maximum absolute atomic E-state index is 12.1. The molecule has 0 saturated carbocycles. The van der Waals surface area contributed by atoms with Gasteiger partial charge >= 0.3 is 6.03 Å². The predicted molar refractivity (Wildman–Crippen MR) is 69.2 cm³/mol. The van der Waals surface area contributed by atoms with Crippen molar-refractivity contribution in [3.63, 3.8) is 0 Å². The molecule has 1 fully saturated rings. The molecule has 18 heavy (non-hydrogen) atoms. The zero-order valence-corrected chi connectivity index (χ0v) is 10.3. The van der Waals surface area contributed by atoms with Crippen molar-refractivity contribution >= 4 is 11.7 Å². The van der Waals surface area contributed by atoms with E-state index in [1.807, 2.05) is 17.9 Å². The molecule has 0 aliphatic carbocycles. The third-order valence-electron chi connectivity index (χ3n) is 3.07. The lowest BCUT2D eigenvalue weighted by Gasteiger charge is -2.37. The van der Waals surface area contributed by atoms with Gasteiger partial charge in [-0.05, 0) is 31.2 Å². The van der Waals surface area contributed by atoms with Crippen molar-refractivity contribution in [3.8, 4) is 6.07 Å². The van der Waals surface area contributed by atoms with E-state index in [0.717, 1.165) is 13.1 Å². The highest BCUT2D eigenvalue weighted by molar-refractivity contribution is 5.89. The van der Waals surface area contributed by atoms with Gasteiger partial charge in [0.05, 0.1) is 17.7 Å². The van der Waals surface area contributed by atoms with Gasteiger partial charge in [0.15, 0.2) is 0 Å². The van der Waals surface area contributed by atoms with Crippen LogP contribution in [0.3, 0.4) is 0 Å². The fourth-order valence-corrected chi connectivity index (χ4v) is 1.88. The number of benzene rings is 1. The van der Waals surface area contributed by atoms with Crippen LogP contribution in [0.1, 0.15) is 12.5 Å². The Morgan fingerprint density at radius 1 is 1.50 bits per heavy atom. The molecule has 5 nitrogen and oxygen atoms in total. The minimum Gasteiger partial charge on any atom is -0.319 e. The maximum Gasteiger partial charge on any atom is 0.322 e. The molecule has 0 aromatic heterocycles. The topological polar surface area (TPSA) is 68.2 Å². The summed E-state index contributed by atoms with van der Waals surface area (Å²) in [5, 5.41) is 14.7. The van der Waals surface area contributed by atoms with Crippen LogP contribution in [0, 0.1) is 11.3 Å². The Morgan fingerprint density at radius 2 is 2.17 bits per heavy atom. The number of nitrogens with one attached hydrogen (secondary N) is 2. The first-order valence-electron chi connectivity index (χ1n) is 6.03. The van der Waals surface area contributed by atoms with Gasteiger partial charge in [-0.2, -0.15) is 5.26 Å². The maximum atomic E-state index is 12.1. The van der Waals surface area contributed by atoms with E-state index < -0.39 is 0 Å². The van der Waals surface area contributed by atoms with Crippen LogP contribution in [0.15, 0.2) is 24.3 Å². The lowest BCUT2D eigenvalue weighted by molar-refractivity contribution is 0.165. The Hall–Kier alpha value is -2.06. The first-order chi connectivity index (χ1) is 8.74. The molecule has 0 atom stereocenters. The fourth-order valence-electron chi connectivity index (χ4n) is 1.88. The van der Waals surface area contributed by atoms with Crippen LogP contribution >= 0.6 is 0 Å². The van der Waals surface area contributed by atoms with Gasteiger partial charge < -0.3 is 15.5 Å². The normalized spacial score (nSPS) is 14.4. The van der Waals surface area contributed by atoms with E-state index >= 15 is 0 Å². The summed E-state index contributed by atoms with van der Waals surface area (Å²) in [6.45, 7) is 4.37. The van der Waals surface area contributed by atoms with Crippen molar-refractivity contribution in [1.82, 2.24) is 10.2 Å². The van der Waals surface area contributed by atoms with Gasteiger partial charge in [-0.15, -0.1) is 0 Å². The number of hydrogen-bond acceptors (Lipinski definition) is 3. The minimum absolute atomic E-state index is 0.0892. The van der Waals surface area contributed by atoms with Crippen molar-refractivity contribution in [2.45, 2.75) is 13.0 Å². The highest BCUT2D eigenvalue weighted by atomic mass is 16.2. The molecule has 2 rings (SSSR count). The van der Waals surface area contributed by atoms with Gasteiger partial charge in [0.1, 0.15) is 0 Å². The van der Waals surface area contributed by atoms with Gasteiger partial charge in [-0.25, -0.2) is 4.79 Å². The van der Waals surface area contributed by atoms with Crippen molar-refractivity contribution < 1.29 is 4.79 Å². The molecule has 2 amide bonds. The summed E-state index contributed by atoms with van der Waals surface area (Å²) in [6, 6.07) is 9.10. The van der Waals surface area contributed by atoms with E-state index in [4.69, 9.17) is 5.26 Å². The first-order valence-corrected chi connectivity index (χ1v) is 6.03. The van der Waals surface area contributed by atoms with Crippen LogP contribution < -0.4 is 10.6 Å². The van der Waals surface area contributed by atoms with E-state index in [9.17, 15) is 4.79 Å². The summed E-state index contributed by atoms with van der Waals surface area (Å²) in [7, 11) is 0. The number of urea groups is 1. The molecule has 1 saturated heterocycles. The van der Waals surface area contributed by atoms with Gasteiger partial charge in [0.25, 0.3) is 0 Å². The summed E-state index contributed by atoms with van der Waals surface area (Å²) < 4.78 is 0. The van der Waals surface area contributed by atoms with Crippen LogP contribution in [-0.4, -0.2) is 36.6 Å². The lowest BCUT2D eigenvalue weighted by Crippen LogP contribution is -2.59. The second-order valence-electron chi connectivity index (χ2n) is 4.22. The third kappa shape index (κ3) is 2.60. The largest absolute Gasteiger partial charge is 0.322 e. The highest BCUT2D eigenvalue weighted by Crippen LogP contribution is 2.12. The summed E-state index contributed by atoms with van der Waals surface area (Å²) in [6.07, 6.45) is 0. The lowest BCUT2D eigenvalue weighted by atomic mass is 10.1. The number of amides is 2. The fraction of sp³-hybridized carbons (Fsp3) is 0.385. The predicted octanol–water partition coefficient (Wildman–Crippen LogP) is 1.38. The summed E-state index contributed by atoms with van der Waals surface area (Å²) >= 11 is 0. The number of likely N-dealkylation sites (N-methyl/N-ethyl adjacent to an activating group) is 1. The molecule has 1 heterocycles. The molecule has 0 bridgehead atoms. The molecule has 2 N–H and O–H groups in total. The SMILES string of the molecule is CCN(C(=O)Nc1ccc(C#N)cc1)C1CNC1. The smallest absolute Gasteiger partial charge is 0.319 e. The summed E-state index contributed by atoms with van der Waals surface area (Å²) in [5.74, 6) is 0. The molecular formula is C13H16N4O. The average molecular weight is 244 g/mol. The van der Waals surface area contributed by atoms with Gasteiger partial charge in [0.2, 0.25) is 0 Å². The number of rotatable bonds is 3. The molecule has 94 valence electrons. The number of carbonyl (C=O) groups is 1. The molecule has 1 aromatic carbocycles. The number of hydrogen-bond donors (Lipinski definition) is 2. The first kappa shape index (κ1) is 12.4. The molecule has 1 aromatic rings. The molecular weight excluding hydrogens is 228 g/mol. The molecule has 0 spiro atoms. The summed E-state index contributed by atoms with van der Waals surface area (Å²) in [4.78, 5) is 13.9. The number of carbonyl (C=O) groups excluding carboxylic acids is 1. The quantitative estimate of drug-likeness (QED) is 0.844. The Morgan fingerprint density at radius 3 is 2.61 bits per heavy atom. The Kier molecular flexibility index (Phi) is 3.80. The second kappa shape index (κ2) is 5.52. The number of nitrogens with zero attached hydrogens (tertiary/aromatic N) is 2. The van der Waals surface area contributed by atoms with E-state index in [1.165, 1.54) is 0 Å². The van der Waals surface area contributed by atoms with Gasteiger partial charge in [0, 0.05) is 25.3 Å². The Bertz CT molecular complexity index is 459. The van der Waals surface area contributed by atoms with Crippen LogP contribution in [0.2, 0.25) is 0 Å². The molecule has 1 aliphatic rings. The minimum atomic E-state index is -0.0892. The number of anilines is 1. The Labute approximate surface area is 106 Å². The second-order valence-corrected chi connectivity index (χ2v) is 4.22. The van der Waals surface area contributed by atoms with Crippen LogP contribution in [0.4, 0.5) is 10.5 Å². The average Bonchev–Trinajstić information content (AvgIpc) is 2.34. The van der Waals surface area contributed by atoms with Crippen molar-refractivity contribution in [3.05, 3.63) is 29.8 Å². The molecule has 0 unspecified atom stereocenters. The number of nitriles is 1. The van der Waals surface area contributed by atoms with Crippen LogP contribution in [-0.2, 0) is 0 Å². The molecule has 0 radical (unpaired) electrons. The van der Waals surface area contributed by atoms with Crippen molar-refractivity contribution in [2.24, 2.45) is 0 Å². The summed E-state index contributed by atoms with van der Waals surface area (Å²) in [5.41, 5.74) is 1.30. The highest BCUT2D eigenvalue weighted by Gasteiger charge is 2.27. The monoisotopic (exact) mass is 244 g/mol. The molecule has 1 aliphatic heterocycles.